The molecule has 0 bridgehead atoms. The van der Waals surface area contributed by atoms with Crippen molar-refractivity contribution in [3.63, 3.8) is 0 Å². The first-order valence-electron chi connectivity index (χ1n) is 31.1. The lowest BCUT2D eigenvalue weighted by molar-refractivity contribution is -0.145. The summed E-state index contributed by atoms with van der Waals surface area (Å²) in [6.45, 7) is 17.9. The van der Waals surface area contributed by atoms with Crippen molar-refractivity contribution in [1.29, 1.82) is 0 Å². The zero-order chi connectivity index (χ0) is 68.5. The Hall–Kier alpha value is -8.76. The maximum absolute atomic E-state index is 15.1. The summed E-state index contributed by atoms with van der Waals surface area (Å²) in [5.41, 5.74) is -1.56. The van der Waals surface area contributed by atoms with Gasteiger partial charge in [0.25, 0.3) is 0 Å². The van der Waals surface area contributed by atoms with E-state index in [0.717, 1.165) is 0 Å². The van der Waals surface area contributed by atoms with Crippen LogP contribution in [0.15, 0.2) is 60.7 Å². The molecule has 4 rings (SSSR count). The first-order chi connectivity index (χ1) is 43.1. The Morgan fingerprint density at radius 1 is 0.533 bits per heavy atom. The van der Waals surface area contributed by atoms with Crippen LogP contribution >= 0.6 is 0 Å². The lowest BCUT2D eigenvalue weighted by Gasteiger charge is -2.38. The van der Waals surface area contributed by atoms with Gasteiger partial charge in [0.15, 0.2) is 0 Å². The monoisotopic (exact) mass is 1290 g/mol. The lowest BCUT2D eigenvalue weighted by Crippen LogP contribution is -2.62. The maximum atomic E-state index is 15.1. The summed E-state index contributed by atoms with van der Waals surface area (Å²) < 4.78 is 21.5. The predicted molar refractivity (Wildman–Crippen MR) is 335 cm³/mol. The molecule has 92 heavy (non-hydrogen) atoms. The number of carbonyl (C=O) groups is 12. The first kappa shape index (κ1) is 75.7. The van der Waals surface area contributed by atoms with E-state index in [1.165, 1.54) is 11.8 Å². The van der Waals surface area contributed by atoms with Crippen LogP contribution in [-0.4, -0.2) is 186 Å². The van der Waals surface area contributed by atoms with E-state index in [9.17, 15) is 57.8 Å². The van der Waals surface area contributed by atoms with Crippen LogP contribution in [0.25, 0.3) is 0 Å². The van der Waals surface area contributed by atoms with Crippen LogP contribution in [0.1, 0.15) is 139 Å². The second-order valence-electron chi connectivity index (χ2n) is 26.0. The fourth-order valence-electron chi connectivity index (χ4n) is 9.60. The largest absolute Gasteiger partial charge is 0.445 e. The molecule has 0 aromatic heterocycles. The van der Waals surface area contributed by atoms with E-state index in [2.05, 4.69) is 58.5 Å². The Kier molecular flexibility index (Phi) is 29.4. The number of likely N-dealkylation sites (tertiary alicyclic amines) is 1. The molecular weight excluding hydrogens is 1200 g/mol. The van der Waals surface area contributed by atoms with Crippen LogP contribution in [-0.2, 0) is 70.3 Å². The Bertz CT molecular complexity index is 2840. The summed E-state index contributed by atoms with van der Waals surface area (Å²) in [5, 5.41) is 39.8. The number of nitrogens with one attached hydrogen (secondary N) is 11. The van der Waals surface area contributed by atoms with Crippen molar-refractivity contribution >= 4 is 71.6 Å². The lowest BCUT2D eigenvalue weighted by atomic mass is 9.99. The van der Waals surface area contributed by atoms with Crippen LogP contribution in [0.3, 0.4) is 0 Å². The number of aliphatic hydroxyl groups is 1. The topological polar surface area (TPSA) is 398 Å². The van der Waals surface area contributed by atoms with Gasteiger partial charge in [-0.15, -0.1) is 0 Å². The standard InChI is InChI=1S/C63H96N12O17/c1-37(2)34-45-52(80)69-41(25-29-65-57(85)90-61(4,5)6)49(77)68-43(27-31-67-59(87)92-63(10,11)12)51(79)74-48(38(3)76)55(83)64-32-28-47(75-33-19-24-44(56(75)84)73-60(88)89-36-40-22-17-14-18-23-40)54(82)70-42(26-30-66-58(86)91-62(7,8)9)50(78)72-46(53(81)71-45)35-39-20-15-13-16-21-39/h13-18,20-23,37-38,41-48,76H,19,24-36H2,1-12H3,(H,64,83)(H,65,85)(H,66,86)(H,67,87)(H,68,77)(H,69,80)(H,70,82)(H,71,81)(H,72,78)(H,73,88)(H,74,79)/t38-,41?,42+,43?,44+,45+,46-,47+,48+/m1/s1. The third kappa shape index (κ3) is 27.8. The molecule has 12 amide bonds. The number of benzene rings is 2. The summed E-state index contributed by atoms with van der Waals surface area (Å²) in [5.74, 6) is -7.82. The van der Waals surface area contributed by atoms with E-state index in [1.807, 2.05) is 0 Å². The Morgan fingerprint density at radius 3 is 1.40 bits per heavy atom. The molecule has 0 radical (unpaired) electrons. The molecule has 0 aliphatic carbocycles. The van der Waals surface area contributed by atoms with Crippen molar-refractivity contribution in [1.82, 2.24) is 63.4 Å². The molecule has 12 N–H and O–H groups in total. The zero-order valence-corrected chi connectivity index (χ0v) is 54.9. The molecule has 2 aromatic carbocycles. The second-order valence-corrected chi connectivity index (χ2v) is 26.0. The van der Waals surface area contributed by atoms with Crippen LogP contribution in [0.5, 0.6) is 0 Å². The Labute approximate surface area is 537 Å². The van der Waals surface area contributed by atoms with E-state index < -0.39 is 156 Å². The van der Waals surface area contributed by atoms with E-state index in [-0.39, 0.29) is 83.6 Å². The normalized spacial score (nSPS) is 22.5. The third-order valence-corrected chi connectivity index (χ3v) is 13.9. The number of piperidine rings is 1. The molecule has 2 aliphatic rings. The van der Waals surface area contributed by atoms with E-state index in [4.69, 9.17) is 18.9 Å². The second kappa shape index (κ2) is 35.7. The number of amides is 12. The van der Waals surface area contributed by atoms with Gasteiger partial charge in [-0.25, -0.2) is 19.2 Å². The molecule has 0 saturated carbocycles. The fraction of sp³-hybridized carbons (Fsp3) is 0.619. The van der Waals surface area contributed by atoms with Gasteiger partial charge in [-0.3, -0.25) is 38.4 Å². The van der Waals surface area contributed by atoms with Gasteiger partial charge in [0, 0.05) is 39.1 Å². The van der Waals surface area contributed by atoms with Gasteiger partial charge in [0.2, 0.25) is 47.3 Å². The summed E-state index contributed by atoms with van der Waals surface area (Å²) in [6, 6.07) is 5.01. The molecule has 0 spiro atoms. The third-order valence-electron chi connectivity index (χ3n) is 13.9. The number of hydrogen-bond acceptors (Lipinski definition) is 17. The Balaban J connectivity index is 1.87. The zero-order valence-electron chi connectivity index (χ0n) is 54.9. The van der Waals surface area contributed by atoms with Crippen LogP contribution < -0.4 is 58.5 Å². The molecule has 2 aromatic rings. The minimum Gasteiger partial charge on any atom is -0.445 e. The van der Waals surface area contributed by atoms with Crippen LogP contribution in [0.4, 0.5) is 19.2 Å². The quantitative estimate of drug-likeness (QED) is 0.0951. The summed E-state index contributed by atoms with van der Waals surface area (Å²) in [7, 11) is 0. The van der Waals surface area contributed by atoms with Gasteiger partial charge in [0.1, 0.15) is 71.7 Å². The average molecular weight is 1290 g/mol. The highest BCUT2D eigenvalue weighted by Gasteiger charge is 2.41. The maximum Gasteiger partial charge on any atom is 0.408 e. The molecule has 29 heteroatoms. The molecule has 2 saturated heterocycles. The van der Waals surface area contributed by atoms with Crippen LogP contribution in [0.2, 0.25) is 0 Å². The molecule has 2 heterocycles. The molecule has 2 fully saturated rings. The summed E-state index contributed by atoms with van der Waals surface area (Å²) in [4.78, 5) is 171. The summed E-state index contributed by atoms with van der Waals surface area (Å²) >= 11 is 0. The van der Waals surface area contributed by atoms with Crippen LogP contribution in [0, 0.1) is 5.92 Å². The molecular formula is C63H96N12O17. The van der Waals surface area contributed by atoms with Crippen molar-refractivity contribution in [3.05, 3.63) is 71.8 Å². The Morgan fingerprint density at radius 2 is 0.946 bits per heavy atom. The van der Waals surface area contributed by atoms with Gasteiger partial charge in [0.05, 0.1) is 6.10 Å². The SMILES string of the molecule is CC(C)C[C@@H]1NC(=O)[C@@H](Cc2ccccc2)NC(=O)[C@H](CCNC(=O)OC(C)(C)C)NC(=O)[C@@H](N2CCC[C@H](NC(=O)OCc3ccccc3)C2=O)CCNC(=O)[C@H]([C@@H](C)O)NC(=O)C(CCNC(=O)OC(C)(C)C)NC(=O)C(CCNC(=O)OC(C)(C)C)NC1=O. The van der Waals surface area contributed by atoms with Crippen molar-refractivity contribution in [3.8, 4) is 0 Å². The highest BCUT2D eigenvalue weighted by Crippen LogP contribution is 2.20. The predicted octanol–water partition coefficient (Wildman–Crippen LogP) is 2.12. The number of hydrogen-bond donors (Lipinski definition) is 12. The minimum atomic E-state index is -1.77. The number of rotatable bonds is 18. The van der Waals surface area contributed by atoms with Gasteiger partial charge >= 0.3 is 24.4 Å². The summed E-state index contributed by atoms with van der Waals surface area (Å²) in [6.07, 6.45) is -6.47. The van der Waals surface area contributed by atoms with Crippen molar-refractivity contribution in [2.45, 2.75) is 212 Å². The van der Waals surface area contributed by atoms with E-state index in [1.54, 1.807) is 137 Å². The van der Waals surface area contributed by atoms with Gasteiger partial charge in [-0.05, 0) is 131 Å². The fourth-order valence-corrected chi connectivity index (χ4v) is 9.60. The highest BCUT2D eigenvalue weighted by atomic mass is 16.6. The van der Waals surface area contributed by atoms with Gasteiger partial charge in [-0.2, -0.15) is 0 Å². The molecule has 9 atom stereocenters. The molecule has 29 nitrogen and oxygen atoms in total. The van der Waals surface area contributed by atoms with Crippen molar-refractivity contribution in [2.24, 2.45) is 5.92 Å². The van der Waals surface area contributed by atoms with E-state index in [0.29, 0.717) is 11.1 Å². The first-order valence-corrected chi connectivity index (χ1v) is 31.1. The number of carbonyl (C=O) groups excluding carboxylic acids is 12. The number of nitrogens with zero attached hydrogens (tertiary/aromatic N) is 1. The number of ether oxygens (including phenoxy) is 4. The smallest absolute Gasteiger partial charge is 0.408 e. The van der Waals surface area contributed by atoms with E-state index >= 15 is 4.79 Å². The highest BCUT2D eigenvalue weighted by molar-refractivity contribution is 5.98. The van der Waals surface area contributed by atoms with Gasteiger partial charge in [-0.1, -0.05) is 74.5 Å². The average Bonchev–Trinajstić information content (AvgIpc) is 0.893. The number of alkyl carbamates (subject to hydrolysis) is 4. The van der Waals surface area contributed by atoms with Gasteiger partial charge < -0.3 is 87.4 Å². The van der Waals surface area contributed by atoms with Crippen molar-refractivity contribution < 1.29 is 81.6 Å². The molecule has 2 aliphatic heterocycles. The van der Waals surface area contributed by atoms with Crippen molar-refractivity contribution in [2.75, 3.05) is 32.7 Å². The number of aliphatic hydroxyl groups excluding tert-OH is 1. The molecule has 510 valence electrons. The minimum absolute atomic E-state index is 0.0465. The molecule has 2 unspecified atom stereocenters.